The number of amides is 1. The summed E-state index contributed by atoms with van der Waals surface area (Å²) in [7, 11) is 0. The predicted molar refractivity (Wildman–Crippen MR) is 115 cm³/mol. The van der Waals surface area contributed by atoms with Gasteiger partial charge in [0.15, 0.2) is 0 Å². The van der Waals surface area contributed by atoms with Crippen molar-refractivity contribution in [1.29, 1.82) is 0 Å². The molecule has 30 heavy (non-hydrogen) atoms. The molecule has 2 aliphatic heterocycles. The number of benzene rings is 1. The highest BCUT2D eigenvalue weighted by Crippen LogP contribution is 2.35. The van der Waals surface area contributed by atoms with Gasteiger partial charge in [-0.3, -0.25) is 14.7 Å². The predicted octanol–water partition coefficient (Wildman–Crippen LogP) is 3.26. The molecule has 2 aromatic heterocycles. The maximum atomic E-state index is 12.8. The Labute approximate surface area is 177 Å². The van der Waals surface area contributed by atoms with Crippen molar-refractivity contribution in [1.82, 2.24) is 24.6 Å². The number of carbonyl (C=O) groups excluding carboxylic acids is 1. The van der Waals surface area contributed by atoms with Crippen LogP contribution < -0.4 is 0 Å². The molecule has 2 saturated heterocycles. The van der Waals surface area contributed by atoms with E-state index in [4.69, 9.17) is 5.10 Å². The molecule has 6 nitrogen and oxygen atoms in total. The Hall–Kier alpha value is -2.99. The van der Waals surface area contributed by atoms with Crippen LogP contribution in [-0.2, 0) is 17.9 Å². The first-order chi connectivity index (χ1) is 14.6. The van der Waals surface area contributed by atoms with Gasteiger partial charge in [0.25, 0.3) is 0 Å². The number of para-hydroxylation sites is 1. The van der Waals surface area contributed by atoms with Crippen molar-refractivity contribution in [3.8, 4) is 5.69 Å². The Morgan fingerprint density at radius 2 is 1.87 bits per heavy atom. The Morgan fingerprint density at radius 1 is 1.03 bits per heavy atom. The van der Waals surface area contributed by atoms with E-state index < -0.39 is 0 Å². The number of carbonyl (C=O) groups is 1. The zero-order valence-corrected chi connectivity index (χ0v) is 17.5. The van der Waals surface area contributed by atoms with Crippen LogP contribution in [0, 0.1) is 13.8 Å². The number of rotatable bonds is 5. The molecular weight excluding hydrogens is 374 g/mol. The first-order valence-electron chi connectivity index (χ1n) is 10.6. The Kier molecular flexibility index (Phi) is 4.87. The smallest absolute Gasteiger partial charge is 0.224 e. The summed E-state index contributed by atoms with van der Waals surface area (Å²) >= 11 is 0. The molecule has 5 rings (SSSR count). The van der Waals surface area contributed by atoms with Gasteiger partial charge in [-0.2, -0.15) is 5.10 Å². The monoisotopic (exact) mass is 401 g/mol. The minimum atomic E-state index is 0.256. The normalized spacial score (nSPS) is 21.4. The summed E-state index contributed by atoms with van der Waals surface area (Å²) in [5, 5.41) is 4.80. The maximum absolute atomic E-state index is 12.8. The molecule has 0 bridgehead atoms. The third-order valence-electron chi connectivity index (χ3n) is 6.61. The summed E-state index contributed by atoms with van der Waals surface area (Å²) in [4.78, 5) is 21.5. The fraction of sp³-hybridized carbons (Fsp3) is 0.375. The van der Waals surface area contributed by atoms with Crippen molar-refractivity contribution in [2.24, 2.45) is 0 Å². The van der Waals surface area contributed by atoms with Crippen LogP contribution in [0.2, 0.25) is 0 Å². The number of fused-ring (bicyclic) bond motifs is 1. The highest BCUT2D eigenvalue weighted by molar-refractivity contribution is 5.80. The molecule has 0 spiro atoms. The second kappa shape index (κ2) is 7.69. The van der Waals surface area contributed by atoms with Crippen molar-refractivity contribution >= 4 is 5.91 Å². The lowest BCUT2D eigenvalue weighted by atomic mass is 10.1. The van der Waals surface area contributed by atoms with E-state index in [1.807, 2.05) is 41.2 Å². The average molecular weight is 402 g/mol. The third kappa shape index (κ3) is 3.31. The molecule has 2 aliphatic rings. The second-order valence-corrected chi connectivity index (χ2v) is 8.38. The SMILES string of the molecule is Cc1nn(-c2ccccc2)c(C)c1CN1CC[C@H]2[C@@H]1CC(=O)N2Cc1cccnc1. The fourth-order valence-electron chi connectivity index (χ4n) is 5.03. The molecule has 6 heteroatoms. The van der Waals surface area contributed by atoms with Crippen LogP contribution in [0.1, 0.15) is 35.4 Å². The summed E-state index contributed by atoms with van der Waals surface area (Å²) in [6.07, 6.45) is 5.27. The largest absolute Gasteiger partial charge is 0.334 e. The van der Waals surface area contributed by atoms with Crippen molar-refractivity contribution in [3.63, 3.8) is 0 Å². The standard InChI is InChI=1S/C24H27N5O/c1-17-21(18(2)29(26-17)20-8-4-3-5-9-20)16-27-12-10-22-23(27)13-24(30)28(22)15-19-7-6-11-25-14-19/h3-9,11,14,22-23H,10,12-13,15-16H2,1-2H3/t22-,23-/m0/s1. The zero-order valence-electron chi connectivity index (χ0n) is 17.5. The van der Waals surface area contributed by atoms with Crippen LogP contribution in [0.25, 0.3) is 5.69 Å². The topological polar surface area (TPSA) is 54.3 Å². The molecule has 1 amide bonds. The van der Waals surface area contributed by atoms with Gasteiger partial charge in [0.1, 0.15) is 0 Å². The number of aryl methyl sites for hydroxylation is 1. The quantitative estimate of drug-likeness (QED) is 0.659. The number of pyridine rings is 1. The molecule has 0 saturated carbocycles. The number of nitrogens with zero attached hydrogens (tertiary/aromatic N) is 5. The molecule has 2 atom stereocenters. The number of hydrogen-bond donors (Lipinski definition) is 0. The summed E-state index contributed by atoms with van der Waals surface area (Å²) in [5.41, 5.74) is 5.70. The van der Waals surface area contributed by atoms with E-state index in [2.05, 4.69) is 40.8 Å². The Morgan fingerprint density at radius 3 is 2.63 bits per heavy atom. The van der Waals surface area contributed by atoms with Crippen LogP contribution in [0.15, 0.2) is 54.9 Å². The lowest BCUT2D eigenvalue weighted by Crippen LogP contribution is -2.36. The van der Waals surface area contributed by atoms with Crippen LogP contribution >= 0.6 is 0 Å². The third-order valence-corrected chi connectivity index (χ3v) is 6.61. The first-order valence-corrected chi connectivity index (χ1v) is 10.6. The number of aromatic nitrogens is 3. The van der Waals surface area contributed by atoms with Gasteiger partial charge in [-0.05, 0) is 44.0 Å². The maximum Gasteiger partial charge on any atom is 0.224 e. The van der Waals surface area contributed by atoms with Gasteiger partial charge in [0, 0.05) is 61.8 Å². The van der Waals surface area contributed by atoms with Crippen molar-refractivity contribution < 1.29 is 4.79 Å². The van der Waals surface area contributed by atoms with E-state index in [1.165, 1.54) is 11.3 Å². The van der Waals surface area contributed by atoms with Gasteiger partial charge in [-0.25, -0.2) is 4.68 Å². The molecule has 4 heterocycles. The molecule has 0 unspecified atom stereocenters. The summed E-state index contributed by atoms with van der Waals surface area (Å²) in [6, 6.07) is 14.8. The van der Waals surface area contributed by atoms with Gasteiger partial charge in [-0.1, -0.05) is 24.3 Å². The minimum Gasteiger partial charge on any atom is -0.334 e. The number of likely N-dealkylation sites (tertiary alicyclic amines) is 2. The molecule has 154 valence electrons. The van der Waals surface area contributed by atoms with E-state index in [0.717, 1.165) is 36.5 Å². The van der Waals surface area contributed by atoms with Crippen molar-refractivity contribution in [3.05, 3.63) is 77.4 Å². The fourth-order valence-corrected chi connectivity index (χ4v) is 5.03. The molecule has 0 radical (unpaired) electrons. The van der Waals surface area contributed by atoms with Gasteiger partial charge in [0.05, 0.1) is 11.4 Å². The van der Waals surface area contributed by atoms with E-state index >= 15 is 0 Å². The highest BCUT2D eigenvalue weighted by Gasteiger charge is 2.46. The Balaban J connectivity index is 1.34. The van der Waals surface area contributed by atoms with Gasteiger partial charge < -0.3 is 4.90 Å². The van der Waals surface area contributed by atoms with Gasteiger partial charge in [0.2, 0.25) is 5.91 Å². The van der Waals surface area contributed by atoms with Gasteiger partial charge in [-0.15, -0.1) is 0 Å². The second-order valence-electron chi connectivity index (χ2n) is 8.38. The first kappa shape index (κ1) is 19.0. The van der Waals surface area contributed by atoms with Gasteiger partial charge >= 0.3 is 0 Å². The zero-order chi connectivity index (χ0) is 20.7. The molecule has 0 aliphatic carbocycles. The van der Waals surface area contributed by atoms with E-state index in [1.54, 1.807) is 6.20 Å². The molecule has 3 aromatic rings. The minimum absolute atomic E-state index is 0.256. The van der Waals surface area contributed by atoms with E-state index in [0.29, 0.717) is 19.0 Å². The van der Waals surface area contributed by atoms with Crippen LogP contribution in [0.4, 0.5) is 0 Å². The van der Waals surface area contributed by atoms with Crippen LogP contribution in [0.3, 0.4) is 0 Å². The lowest BCUT2D eigenvalue weighted by molar-refractivity contribution is -0.129. The summed E-state index contributed by atoms with van der Waals surface area (Å²) < 4.78 is 2.03. The summed E-state index contributed by atoms with van der Waals surface area (Å²) in [6.45, 7) is 6.75. The lowest BCUT2D eigenvalue weighted by Gasteiger charge is -2.25. The molecular formula is C24H27N5O. The van der Waals surface area contributed by atoms with Crippen LogP contribution in [0.5, 0.6) is 0 Å². The highest BCUT2D eigenvalue weighted by atomic mass is 16.2. The molecule has 2 fully saturated rings. The van der Waals surface area contributed by atoms with E-state index in [-0.39, 0.29) is 11.9 Å². The van der Waals surface area contributed by atoms with Crippen LogP contribution in [-0.4, -0.2) is 49.1 Å². The Bertz CT molecular complexity index is 1050. The van der Waals surface area contributed by atoms with E-state index in [9.17, 15) is 4.79 Å². The average Bonchev–Trinajstić information content (AvgIpc) is 3.39. The van der Waals surface area contributed by atoms with Crippen molar-refractivity contribution in [2.45, 2.75) is 51.9 Å². The molecule has 0 N–H and O–H groups in total. The van der Waals surface area contributed by atoms with Crippen molar-refractivity contribution in [2.75, 3.05) is 6.54 Å². The molecule has 1 aromatic carbocycles. The number of hydrogen-bond acceptors (Lipinski definition) is 4. The summed E-state index contributed by atoms with van der Waals surface area (Å²) in [5.74, 6) is 0.256.